The molecule has 0 N–H and O–H groups in total. The molecule has 0 radical (unpaired) electrons. The zero-order valence-electron chi connectivity index (χ0n) is 12.1. The lowest BCUT2D eigenvalue weighted by atomic mass is 9.52. The molecular formula is C18H20N2O. The minimum Gasteiger partial charge on any atom is -0.420 e. The molecule has 0 aliphatic heterocycles. The lowest BCUT2D eigenvalue weighted by Crippen LogP contribution is -2.43. The van der Waals surface area contributed by atoms with E-state index in [0.717, 1.165) is 35.1 Å². The molecule has 4 saturated carbocycles. The molecule has 3 heteroatoms. The monoisotopic (exact) mass is 280 g/mol. The smallest absolute Gasteiger partial charge is 0.247 e. The molecule has 3 nitrogen and oxygen atoms in total. The van der Waals surface area contributed by atoms with Crippen LogP contribution in [0.4, 0.5) is 0 Å². The summed E-state index contributed by atoms with van der Waals surface area (Å²) in [7, 11) is 0. The average Bonchev–Trinajstić information content (AvgIpc) is 2.97. The van der Waals surface area contributed by atoms with Gasteiger partial charge in [-0.05, 0) is 67.9 Å². The third-order valence-corrected chi connectivity index (χ3v) is 5.97. The summed E-state index contributed by atoms with van der Waals surface area (Å²) >= 11 is 0. The zero-order chi connectivity index (χ0) is 13.8. The number of hydrogen-bond acceptors (Lipinski definition) is 3. The summed E-state index contributed by atoms with van der Waals surface area (Å²) in [6, 6.07) is 10.1. The molecule has 4 bridgehead atoms. The maximum absolute atomic E-state index is 6.07. The van der Waals surface area contributed by atoms with E-state index in [0.29, 0.717) is 11.8 Å². The summed E-state index contributed by atoms with van der Waals surface area (Å²) in [6.07, 6.45) is 7.04. The van der Waals surface area contributed by atoms with Crippen LogP contribution in [0.25, 0.3) is 11.5 Å². The fourth-order valence-corrected chi connectivity index (χ4v) is 5.40. The van der Waals surface area contributed by atoms with E-state index in [2.05, 4.69) is 10.2 Å². The van der Waals surface area contributed by atoms with Crippen molar-refractivity contribution in [3.8, 4) is 11.5 Å². The van der Waals surface area contributed by atoms with Gasteiger partial charge in [0.1, 0.15) is 0 Å². The topological polar surface area (TPSA) is 38.9 Å². The quantitative estimate of drug-likeness (QED) is 0.824. The van der Waals surface area contributed by atoms with Gasteiger partial charge in [-0.15, -0.1) is 10.2 Å². The third kappa shape index (κ3) is 1.86. The molecule has 2 aromatic rings. The maximum Gasteiger partial charge on any atom is 0.247 e. The number of rotatable bonds is 2. The molecule has 21 heavy (non-hydrogen) atoms. The minimum absolute atomic E-state index is 0.530. The van der Waals surface area contributed by atoms with Crippen molar-refractivity contribution in [2.24, 2.45) is 23.7 Å². The molecule has 0 atom stereocenters. The van der Waals surface area contributed by atoms with Gasteiger partial charge in [0, 0.05) is 11.5 Å². The number of hydrogen-bond donors (Lipinski definition) is 0. The first kappa shape index (κ1) is 12.0. The van der Waals surface area contributed by atoms with Crippen molar-refractivity contribution in [3.05, 3.63) is 36.2 Å². The van der Waals surface area contributed by atoms with E-state index in [9.17, 15) is 0 Å². The summed E-state index contributed by atoms with van der Waals surface area (Å²) in [5.74, 6) is 5.68. The Balaban J connectivity index is 1.47. The van der Waals surface area contributed by atoms with E-state index in [1.807, 2.05) is 30.3 Å². The first-order chi connectivity index (χ1) is 10.4. The Kier molecular flexibility index (Phi) is 2.52. The molecule has 1 heterocycles. The number of aromatic nitrogens is 2. The highest BCUT2D eigenvalue weighted by molar-refractivity contribution is 5.51. The molecule has 4 aliphatic carbocycles. The molecule has 0 amide bonds. The fourth-order valence-electron chi connectivity index (χ4n) is 5.40. The van der Waals surface area contributed by atoms with Crippen LogP contribution in [0.5, 0.6) is 0 Å². The predicted octanol–water partition coefficient (Wildman–Crippen LogP) is 4.28. The summed E-state index contributed by atoms with van der Waals surface area (Å²) < 4.78 is 6.07. The van der Waals surface area contributed by atoms with E-state index < -0.39 is 0 Å². The molecule has 6 rings (SSSR count). The van der Waals surface area contributed by atoms with Crippen LogP contribution in [0.2, 0.25) is 0 Å². The highest BCUT2D eigenvalue weighted by Gasteiger charge is 2.50. The molecule has 4 fully saturated rings. The van der Waals surface area contributed by atoms with E-state index in [-0.39, 0.29) is 0 Å². The minimum atomic E-state index is 0.530. The van der Waals surface area contributed by atoms with Gasteiger partial charge in [-0.2, -0.15) is 0 Å². The van der Waals surface area contributed by atoms with Crippen LogP contribution in [0.15, 0.2) is 34.7 Å². The normalized spacial score (nSPS) is 37.0. The Labute approximate surface area is 124 Å². The predicted molar refractivity (Wildman–Crippen MR) is 79.5 cm³/mol. The van der Waals surface area contributed by atoms with E-state index in [1.54, 1.807) is 0 Å². The van der Waals surface area contributed by atoms with Gasteiger partial charge < -0.3 is 4.42 Å². The van der Waals surface area contributed by atoms with Crippen LogP contribution >= 0.6 is 0 Å². The van der Waals surface area contributed by atoms with E-state index >= 15 is 0 Å². The van der Waals surface area contributed by atoms with Gasteiger partial charge in [0.2, 0.25) is 11.8 Å². The van der Waals surface area contributed by atoms with Gasteiger partial charge in [-0.25, -0.2) is 0 Å². The Morgan fingerprint density at radius 3 is 2.14 bits per heavy atom. The standard InChI is InChI=1S/C18H20N2O/c1-2-4-13(5-3-1)17-19-20-18(21-17)16-14-7-11-6-12(9-14)10-15(16)8-11/h1-5,11-12,14-16H,6-10H2. The van der Waals surface area contributed by atoms with Crippen molar-refractivity contribution in [2.75, 3.05) is 0 Å². The highest BCUT2D eigenvalue weighted by Crippen LogP contribution is 2.59. The third-order valence-electron chi connectivity index (χ3n) is 5.97. The molecule has 0 unspecified atom stereocenters. The molecular weight excluding hydrogens is 260 g/mol. The second-order valence-electron chi connectivity index (χ2n) is 7.27. The first-order valence-electron chi connectivity index (χ1n) is 8.25. The van der Waals surface area contributed by atoms with Crippen molar-refractivity contribution in [1.29, 1.82) is 0 Å². The van der Waals surface area contributed by atoms with Gasteiger partial charge in [0.15, 0.2) is 0 Å². The molecule has 4 aliphatic rings. The zero-order valence-corrected chi connectivity index (χ0v) is 12.1. The highest BCUT2D eigenvalue weighted by atomic mass is 16.4. The van der Waals surface area contributed by atoms with Crippen molar-refractivity contribution < 1.29 is 4.42 Å². The van der Waals surface area contributed by atoms with Crippen LogP contribution in [-0.2, 0) is 0 Å². The lowest BCUT2D eigenvalue weighted by molar-refractivity contribution is -0.0113. The Morgan fingerprint density at radius 1 is 0.810 bits per heavy atom. The van der Waals surface area contributed by atoms with E-state index in [1.165, 1.54) is 32.1 Å². The van der Waals surface area contributed by atoms with Crippen LogP contribution in [0.1, 0.15) is 43.9 Å². The average molecular weight is 280 g/mol. The van der Waals surface area contributed by atoms with E-state index in [4.69, 9.17) is 4.42 Å². The Morgan fingerprint density at radius 2 is 1.48 bits per heavy atom. The van der Waals surface area contributed by atoms with Crippen LogP contribution in [0, 0.1) is 23.7 Å². The van der Waals surface area contributed by atoms with Crippen molar-refractivity contribution >= 4 is 0 Å². The fraction of sp³-hybridized carbons (Fsp3) is 0.556. The van der Waals surface area contributed by atoms with Gasteiger partial charge in [-0.3, -0.25) is 0 Å². The summed E-state index contributed by atoms with van der Waals surface area (Å²) in [4.78, 5) is 0. The van der Waals surface area contributed by atoms with Crippen molar-refractivity contribution in [2.45, 2.75) is 38.0 Å². The molecule has 1 aromatic carbocycles. The molecule has 108 valence electrons. The number of nitrogens with zero attached hydrogens (tertiary/aromatic N) is 2. The molecule has 1 aromatic heterocycles. The van der Waals surface area contributed by atoms with Gasteiger partial charge >= 0.3 is 0 Å². The van der Waals surface area contributed by atoms with Gasteiger partial charge in [-0.1, -0.05) is 18.2 Å². The summed E-state index contributed by atoms with van der Waals surface area (Å²) in [5.41, 5.74) is 1.03. The second kappa shape index (κ2) is 4.43. The number of benzene rings is 1. The molecule has 0 spiro atoms. The first-order valence-corrected chi connectivity index (χ1v) is 8.25. The maximum atomic E-state index is 6.07. The summed E-state index contributed by atoms with van der Waals surface area (Å²) in [5, 5.41) is 8.72. The Hall–Kier alpha value is -1.64. The molecule has 0 saturated heterocycles. The largest absolute Gasteiger partial charge is 0.420 e. The van der Waals surface area contributed by atoms with Crippen molar-refractivity contribution in [1.82, 2.24) is 10.2 Å². The Bertz CT molecular complexity index is 620. The van der Waals surface area contributed by atoms with Crippen molar-refractivity contribution in [3.63, 3.8) is 0 Å². The van der Waals surface area contributed by atoms with Gasteiger partial charge in [0.05, 0.1) is 0 Å². The summed E-state index contributed by atoms with van der Waals surface area (Å²) in [6.45, 7) is 0. The SMILES string of the molecule is c1ccc(-c2nnc(C3C4CC5CC(C4)CC3C5)o2)cc1. The van der Waals surface area contributed by atoms with Crippen LogP contribution in [-0.4, -0.2) is 10.2 Å². The lowest BCUT2D eigenvalue weighted by Gasteiger charge is -2.53. The second-order valence-corrected chi connectivity index (χ2v) is 7.27. The van der Waals surface area contributed by atoms with Crippen LogP contribution < -0.4 is 0 Å². The van der Waals surface area contributed by atoms with Gasteiger partial charge in [0.25, 0.3) is 0 Å². The van der Waals surface area contributed by atoms with Crippen LogP contribution in [0.3, 0.4) is 0 Å².